The molecule has 5 heteroatoms. The van der Waals surface area contributed by atoms with E-state index in [1.165, 1.54) is 6.08 Å². The molecule has 0 heterocycles. The summed E-state index contributed by atoms with van der Waals surface area (Å²) in [5.41, 5.74) is 1.38. The number of hydrogen-bond donors (Lipinski definition) is 1. The van der Waals surface area contributed by atoms with Crippen LogP contribution in [0.2, 0.25) is 10.0 Å². The summed E-state index contributed by atoms with van der Waals surface area (Å²) in [6.07, 6.45) is 3.04. The molecule has 0 radical (unpaired) electrons. The van der Waals surface area contributed by atoms with Gasteiger partial charge < -0.3 is 10.1 Å². The van der Waals surface area contributed by atoms with Gasteiger partial charge in [-0.05, 0) is 35.9 Å². The molecule has 2 aromatic rings. The van der Waals surface area contributed by atoms with Crippen LogP contribution in [0.25, 0.3) is 6.08 Å². The van der Waals surface area contributed by atoms with E-state index in [4.69, 9.17) is 27.9 Å². The molecule has 1 amide bonds. The Bertz CT molecular complexity index is 684. The number of anilines is 1. The minimum atomic E-state index is -0.255. The minimum absolute atomic E-state index is 0.255. The molecular weight excluding hydrogens is 309 g/mol. The third kappa shape index (κ3) is 4.52. The molecule has 3 nitrogen and oxygen atoms in total. The number of nitrogens with one attached hydrogen (secondary N) is 1. The van der Waals surface area contributed by atoms with Crippen molar-refractivity contribution >= 4 is 40.9 Å². The molecule has 0 aliphatic carbocycles. The third-order valence-corrected chi connectivity index (χ3v) is 3.28. The van der Waals surface area contributed by atoms with Crippen molar-refractivity contribution < 1.29 is 9.53 Å². The van der Waals surface area contributed by atoms with Crippen LogP contribution in [-0.4, -0.2) is 13.0 Å². The van der Waals surface area contributed by atoms with E-state index in [9.17, 15) is 4.79 Å². The van der Waals surface area contributed by atoms with Crippen molar-refractivity contribution in [2.45, 2.75) is 0 Å². The Balaban J connectivity index is 2.05. The van der Waals surface area contributed by atoms with Gasteiger partial charge in [0.2, 0.25) is 5.91 Å². The maximum absolute atomic E-state index is 11.9. The van der Waals surface area contributed by atoms with Crippen LogP contribution in [-0.2, 0) is 4.79 Å². The summed E-state index contributed by atoms with van der Waals surface area (Å²) in [7, 11) is 1.57. The first-order chi connectivity index (χ1) is 10.1. The van der Waals surface area contributed by atoms with Crippen molar-refractivity contribution in [3.8, 4) is 5.75 Å². The zero-order chi connectivity index (χ0) is 15.2. The Morgan fingerprint density at radius 3 is 2.71 bits per heavy atom. The van der Waals surface area contributed by atoms with E-state index in [0.717, 1.165) is 5.56 Å². The zero-order valence-corrected chi connectivity index (χ0v) is 12.8. The molecule has 0 fully saturated rings. The van der Waals surface area contributed by atoms with Gasteiger partial charge in [0.05, 0.1) is 7.11 Å². The lowest BCUT2D eigenvalue weighted by Gasteiger charge is -2.04. The van der Waals surface area contributed by atoms with E-state index in [1.54, 1.807) is 55.7 Å². The second kappa shape index (κ2) is 7.16. The van der Waals surface area contributed by atoms with E-state index in [1.807, 2.05) is 0 Å². The Kier molecular flexibility index (Phi) is 5.26. The predicted octanol–water partition coefficient (Wildman–Crippen LogP) is 4.65. The van der Waals surface area contributed by atoms with Gasteiger partial charge in [-0.15, -0.1) is 0 Å². The van der Waals surface area contributed by atoms with Gasteiger partial charge in [-0.25, -0.2) is 0 Å². The highest BCUT2D eigenvalue weighted by Crippen LogP contribution is 2.22. The molecule has 0 saturated carbocycles. The summed E-state index contributed by atoms with van der Waals surface area (Å²) in [6, 6.07) is 12.2. The summed E-state index contributed by atoms with van der Waals surface area (Å²) >= 11 is 11.8. The summed E-state index contributed by atoms with van der Waals surface area (Å²) < 4.78 is 5.09. The van der Waals surface area contributed by atoms with Crippen LogP contribution < -0.4 is 10.1 Å². The Labute approximate surface area is 133 Å². The summed E-state index contributed by atoms with van der Waals surface area (Å²) in [6.45, 7) is 0. The zero-order valence-electron chi connectivity index (χ0n) is 11.3. The van der Waals surface area contributed by atoms with Crippen molar-refractivity contribution in [2.24, 2.45) is 0 Å². The normalized spacial score (nSPS) is 10.6. The van der Waals surface area contributed by atoms with Crippen LogP contribution >= 0.6 is 23.2 Å². The van der Waals surface area contributed by atoms with Gasteiger partial charge in [-0.2, -0.15) is 0 Å². The van der Waals surface area contributed by atoms with Gasteiger partial charge >= 0.3 is 0 Å². The first-order valence-electron chi connectivity index (χ1n) is 6.16. The first kappa shape index (κ1) is 15.4. The molecular formula is C16H13Cl2NO2. The Morgan fingerprint density at radius 2 is 2.00 bits per heavy atom. The Morgan fingerprint density at radius 1 is 1.19 bits per heavy atom. The lowest BCUT2D eigenvalue weighted by atomic mass is 10.2. The van der Waals surface area contributed by atoms with E-state index in [2.05, 4.69) is 5.32 Å². The number of methoxy groups -OCH3 is 1. The smallest absolute Gasteiger partial charge is 0.248 e. The lowest BCUT2D eigenvalue weighted by molar-refractivity contribution is -0.111. The van der Waals surface area contributed by atoms with Crippen molar-refractivity contribution in [3.05, 3.63) is 64.1 Å². The molecule has 2 aromatic carbocycles. The molecule has 0 atom stereocenters. The van der Waals surface area contributed by atoms with Gasteiger partial charge in [0.25, 0.3) is 0 Å². The van der Waals surface area contributed by atoms with Crippen molar-refractivity contribution in [2.75, 3.05) is 12.4 Å². The topological polar surface area (TPSA) is 38.3 Å². The fraction of sp³-hybridized carbons (Fsp3) is 0.0625. The first-order valence-corrected chi connectivity index (χ1v) is 6.92. The van der Waals surface area contributed by atoms with E-state index in [-0.39, 0.29) is 5.91 Å². The van der Waals surface area contributed by atoms with Gasteiger partial charge in [-0.3, -0.25) is 4.79 Å². The molecule has 0 aliphatic heterocycles. The SMILES string of the molecule is COc1cccc(NC(=O)C=Cc2ccc(Cl)cc2Cl)c1. The molecule has 0 saturated heterocycles. The van der Waals surface area contributed by atoms with E-state index in [0.29, 0.717) is 21.5 Å². The van der Waals surface area contributed by atoms with Crippen LogP contribution in [0, 0.1) is 0 Å². The predicted molar refractivity (Wildman–Crippen MR) is 87.1 cm³/mol. The molecule has 0 unspecified atom stereocenters. The number of carbonyl (C=O) groups is 1. The molecule has 0 bridgehead atoms. The third-order valence-electron chi connectivity index (χ3n) is 2.71. The molecule has 2 rings (SSSR count). The molecule has 0 aliphatic rings. The van der Waals surface area contributed by atoms with Gasteiger partial charge in [0, 0.05) is 27.9 Å². The standard InChI is InChI=1S/C16H13Cl2NO2/c1-21-14-4-2-3-13(10-14)19-16(20)8-6-11-5-7-12(17)9-15(11)18/h2-10H,1H3,(H,19,20). The highest BCUT2D eigenvalue weighted by Gasteiger charge is 2.01. The highest BCUT2D eigenvalue weighted by molar-refractivity contribution is 6.35. The van der Waals surface area contributed by atoms with Gasteiger partial charge in [0.15, 0.2) is 0 Å². The molecule has 21 heavy (non-hydrogen) atoms. The fourth-order valence-corrected chi connectivity index (χ4v) is 2.16. The monoisotopic (exact) mass is 321 g/mol. The number of benzene rings is 2. The van der Waals surface area contributed by atoms with E-state index < -0.39 is 0 Å². The van der Waals surface area contributed by atoms with Crippen molar-refractivity contribution in [3.63, 3.8) is 0 Å². The second-order valence-corrected chi connectivity index (χ2v) is 5.06. The maximum atomic E-state index is 11.9. The summed E-state index contributed by atoms with van der Waals surface area (Å²) in [5, 5.41) is 3.79. The number of ether oxygens (including phenoxy) is 1. The van der Waals surface area contributed by atoms with Crippen molar-refractivity contribution in [1.82, 2.24) is 0 Å². The molecule has 0 aromatic heterocycles. The molecule has 0 spiro atoms. The fourth-order valence-electron chi connectivity index (χ4n) is 1.69. The van der Waals surface area contributed by atoms with Crippen LogP contribution in [0.15, 0.2) is 48.5 Å². The number of halogens is 2. The van der Waals surface area contributed by atoms with Gasteiger partial charge in [0.1, 0.15) is 5.75 Å². The quantitative estimate of drug-likeness (QED) is 0.832. The number of rotatable bonds is 4. The van der Waals surface area contributed by atoms with Crippen LogP contribution in [0.1, 0.15) is 5.56 Å². The summed E-state index contributed by atoms with van der Waals surface area (Å²) in [4.78, 5) is 11.9. The van der Waals surface area contributed by atoms with Crippen LogP contribution in [0.5, 0.6) is 5.75 Å². The van der Waals surface area contributed by atoms with E-state index >= 15 is 0 Å². The minimum Gasteiger partial charge on any atom is -0.497 e. The number of carbonyl (C=O) groups excluding carboxylic acids is 1. The summed E-state index contributed by atoms with van der Waals surface area (Å²) in [5.74, 6) is 0.423. The van der Waals surface area contributed by atoms with Crippen LogP contribution in [0.4, 0.5) is 5.69 Å². The molecule has 108 valence electrons. The van der Waals surface area contributed by atoms with Crippen LogP contribution in [0.3, 0.4) is 0 Å². The number of amides is 1. The largest absolute Gasteiger partial charge is 0.497 e. The average molecular weight is 322 g/mol. The number of hydrogen-bond acceptors (Lipinski definition) is 2. The Hall–Kier alpha value is -1.97. The van der Waals surface area contributed by atoms with Gasteiger partial charge in [-0.1, -0.05) is 35.3 Å². The second-order valence-electron chi connectivity index (χ2n) is 4.22. The average Bonchev–Trinajstić information content (AvgIpc) is 2.46. The maximum Gasteiger partial charge on any atom is 0.248 e. The molecule has 1 N–H and O–H groups in total. The van der Waals surface area contributed by atoms with Crippen molar-refractivity contribution in [1.29, 1.82) is 0 Å². The highest BCUT2D eigenvalue weighted by atomic mass is 35.5. The lowest BCUT2D eigenvalue weighted by Crippen LogP contribution is -2.07.